The number of benzene rings is 1. The molecule has 3 atom stereocenters. The van der Waals surface area contributed by atoms with Crippen molar-refractivity contribution in [2.75, 3.05) is 26.4 Å². The number of hydrogen-bond donors (Lipinski definition) is 2. The topological polar surface area (TPSA) is 68.0 Å². The van der Waals surface area contributed by atoms with Crippen LogP contribution in [0.25, 0.3) is 0 Å². The van der Waals surface area contributed by atoms with Gasteiger partial charge in [-0.15, -0.1) is 0 Å². The summed E-state index contributed by atoms with van der Waals surface area (Å²) in [5, 5.41) is 6.96. The molecule has 0 spiro atoms. The smallest absolute Gasteiger partial charge is 0.192 e. The van der Waals surface area contributed by atoms with Crippen LogP contribution in [0.15, 0.2) is 58.1 Å². The average Bonchev–Trinajstić information content (AvgIpc) is 3.41. The van der Waals surface area contributed by atoms with Crippen LogP contribution in [0.3, 0.4) is 0 Å². The first-order valence-electron chi connectivity index (χ1n) is 10.0. The molecule has 0 bridgehead atoms. The van der Waals surface area contributed by atoms with E-state index in [-0.39, 0.29) is 18.2 Å². The third-order valence-electron chi connectivity index (χ3n) is 4.71. The molecule has 0 radical (unpaired) electrons. The summed E-state index contributed by atoms with van der Waals surface area (Å²) in [5.74, 6) is 1.72. The molecule has 1 saturated heterocycles. The number of guanidine groups is 1. The number of nitrogens with one attached hydrogen (secondary N) is 2. The number of rotatable bonds is 9. The van der Waals surface area contributed by atoms with Crippen molar-refractivity contribution in [3.63, 3.8) is 0 Å². The van der Waals surface area contributed by atoms with Gasteiger partial charge in [0.25, 0.3) is 0 Å². The molecule has 1 aromatic carbocycles. The Hall–Kier alpha value is -2.31. The zero-order valence-corrected chi connectivity index (χ0v) is 16.8. The second-order valence-electron chi connectivity index (χ2n) is 7.20. The Bertz CT molecular complexity index is 697. The van der Waals surface area contributed by atoms with Crippen LogP contribution >= 0.6 is 0 Å². The maximum absolute atomic E-state index is 5.93. The quantitative estimate of drug-likeness (QED) is 0.512. The summed E-state index contributed by atoms with van der Waals surface area (Å²) >= 11 is 0. The van der Waals surface area contributed by atoms with Crippen LogP contribution in [0.5, 0.6) is 0 Å². The van der Waals surface area contributed by atoms with Crippen molar-refractivity contribution in [2.24, 2.45) is 4.99 Å². The van der Waals surface area contributed by atoms with Gasteiger partial charge in [-0.3, -0.25) is 4.99 Å². The van der Waals surface area contributed by atoms with Crippen molar-refractivity contribution < 1.29 is 13.9 Å². The molecule has 28 heavy (non-hydrogen) atoms. The molecule has 1 fully saturated rings. The van der Waals surface area contributed by atoms with Gasteiger partial charge in [-0.25, -0.2) is 0 Å². The largest absolute Gasteiger partial charge is 0.469 e. The molecule has 3 unspecified atom stereocenters. The molecule has 2 N–H and O–H groups in total. The average molecular weight is 386 g/mol. The van der Waals surface area contributed by atoms with E-state index in [1.54, 1.807) is 6.26 Å². The summed E-state index contributed by atoms with van der Waals surface area (Å²) in [7, 11) is 0. The van der Waals surface area contributed by atoms with E-state index in [2.05, 4.69) is 48.7 Å². The number of aliphatic imine (C=N–C) groups is 1. The molecular formula is C22H31N3O3. The monoisotopic (exact) mass is 385 g/mol. The molecule has 1 aliphatic heterocycles. The minimum absolute atomic E-state index is 0.137. The first-order chi connectivity index (χ1) is 13.7. The van der Waals surface area contributed by atoms with Gasteiger partial charge < -0.3 is 24.5 Å². The number of furan rings is 1. The lowest BCUT2D eigenvalue weighted by Gasteiger charge is -2.23. The maximum Gasteiger partial charge on any atom is 0.192 e. The first-order valence-corrected chi connectivity index (χ1v) is 10.0. The van der Waals surface area contributed by atoms with Crippen molar-refractivity contribution in [1.29, 1.82) is 0 Å². The van der Waals surface area contributed by atoms with Gasteiger partial charge in [-0.2, -0.15) is 0 Å². The van der Waals surface area contributed by atoms with Crippen molar-refractivity contribution in [1.82, 2.24) is 10.6 Å². The van der Waals surface area contributed by atoms with Gasteiger partial charge in [0, 0.05) is 25.6 Å². The summed E-state index contributed by atoms with van der Waals surface area (Å²) in [4.78, 5) is 4.74. The Balaban J connectivity index is 1.55. The van der Waals surface area contributed by atoms with Crippen LogP contribution in [0.2, 0.25) is 0 Å². The predicted octanol–water partition coefficient (Wildman–Crippen LogP) is 3.31. The van der Waals surface area contributed by atoms with Gasteiger partial charge in [0.2, 0.25) is 0 Å². The van der Waals surface area contributed by atoms with Crippen LogP contribution in [0.4, 0.5) is 0 Å². The first kappa shape index (κ1) is 20.4. The fraction of sp³-hybridized carbons (Fsp3) is 0.500. The molecule has 2 heterocycles. The van der Waals surface area contributed by atoms with Crippen LogP contribution in [-0.2, 0) is 15.9 Å². The highest BCUT2D eigenvalue weighted by Crippen LogP contribution is 2.11. The zero-order valence-electron chi connectivity index (χ0n) is 16.8. The number of hydrogen-bond acceptors (Lipinski definition) is 4. The van der Waals surface area contributed by atoms with Crippen LogP contribution in [0, 0.1) is 0 Å². The molecule has 3 rings (SSSR count). The van der Waals surface area contributed by atoms with E-state index in [4.69, 9.17) is 18.9 Å². The third-order valence-corrected chi connectivity index (χ3v) is 4.71. The van der Waals surface area contributed by atoms with E-state index in [1.165, 1.54) is 5.56 Å². The molecule has 152 valence electrons. The van der Waals surface area contributed by atoms with E-state index in [0.717, 1.165) is 31.2 Å². The van der Waals surface area contributed by atoms with E-state index in [9.17, 15) is 0 Å². The molecule has 0 aliphatic carbocycles. The Labute approximate surface area is 167 Å². The van der Waals surface area contributed by atoms with E-state index in [0.29, 0.717) is 19.8 Å². The minimum Gasteiger partial charge on any atom is -0.469 e. The van der Waals surface area contributed by atoms with E-state index < -0.39 is 0 Å². The van der Waals surface area contributed by atoms with Gasteiger partial charge in [0.05, 0.1) is 31.6 Å². The number of nitrogens with zero attached hydrogens (tertiary/aromatic N) is 1. The highest BCUT2D eigenvalue weighted by Gasteiger charge is 2.18. The van der Waals surface area contributed by atoms with Gasteiger partial charge >= 0.3 is 0 Å². The minimum atomic E-state index is 0.137. The number of ether oxygens (including phenoxy) is 2. The maximum atomic E-state index is 5.93. The summed E-state index contributed by atoms with van der Waals surface area (Å²) < 4.78 is 16.7. The highest BCUT2D eigenvalue weighted by atomic mass is 16.5. The van der Waals surface area contributed by atoms with Gasteiger partial charge in [0.15, 0.2) is 5.96 Å². The lowest BCUT2D eigenvalue weighted by atomic mass is 10.1. The van der Waals surface area contributed by atoms with Gasteiger partial charge in [0.1, 0.15) is 5.76 Å². The Morgan fingerprint density at radius 3 is 2.75 bits per heavy atom. The fourth-order valence-corrected chi connectivity index (χ4v) is 3.10. The van der Waals surface area contributed by atoms with Crippen molar-refractivity contribution in [3.05, 3.63) is 60.1 Å². The molecule has 1 aromatic heterocycles. The van der Waals surface area contributed by atoms with Crippen molar-refractivity contribution in [2.45, 2.75) is 44.9 Å². The lowest BCUT2D eigenvalue weighted by molar-refractivity contribution is 0.0347. The summed E-state index contributed by atoms with van der Waals surface area (Å²) in [5.41, 5.74) is 1.22. The normalized spacial score (nSPS) is 19.4. The van der Waals surface area contributed by atoms with Gasteiger partial charge in [-0.05, 0) is 38.0 Å². The van der Waals surface area contributed by atoms with Crippen LogP contribution < -0.4 is 10.6 Å². The third kappa shape index (κ3) is 6.69. The molecule has 2 aromatic rings. The molecule has 1 aliphatic rings. The lowest BCUT2D eigenvalue weighted by Crippen LogP contribution is -2.45. The van der Waals surface area contributed by atoms with Crippen LogP contribution in [0.1, 0.15) is 37.6 Å². The predicted molar refractivity (Wildman–Crippen MR) is 110 cm³/mol. The van der Waals surface area contributed by atoms with Crippen molar-refractivity contribution in [3.8, 4) is 0 Å². The van der Waals surface area contributed by atoms with Crippen molar-refractivity contribution >= 4 is 5.96 Å². The second kappa shape index (κ2) is 10.9. The standard InChI is InChI=1S/C22H31N3O3/c1-17(15-28-21-11-14-26-16-21)24-22(23-12-10-20-9-6-13-27-20)25-18(2)19-7-4-3-5-8-19/h3-9,13,17-18,21H,10-12,14-16H2,1-2H3,(H2,23,24,25). The summed E-state index contributed by atoms with van der Waals surface area (Å²) in [6.07, 6.45) is 3.64. The Kier molecular flexibility index (Phi) is 7.94. The molecular weight excluding hydrogens is 354 g/mol. The van der Waals surface area contributed by atoms with Crippen LogP contribution in [-0.4, -0.2) is 44.5 Å². The molecule has 6 nitrogen and oxygen atoms in total. The van der Waals surface area contributed by atoms with E-state index in [1.807, 2.05) is 18.2 Å². The highest BCUT2D eigenvalue weighted by molar-refractivity contribution is 5.80. The second-order valence-corrected chi connectivity index (χ2v) is 7.20. The Morgan fingerprint density at radius 1 is 1.18 bits per heavy atom. The van der Waals surface area contributed by atoms with Gasteiger partial charge in [-0.1, -0.05) is 30.3 Å². The van der Waals surface area contributed by atoms with E-state index >= 15 is 0 Å². The molecule has 6 heteroatoms. The zero-order chi connectivity index (χ0) is 19.6. The Morgan fingerprint density at radius 2 is 2.04 bits per heavy atom. The summed E-state index contributed by atoms with van der Waals surface area (Å²) in [6, 6.07) is 14.5. The SMILES string of the molecule is CC(COC1CCOC1)NC(=NCCc1ccco1)NC(C)c1ccccc1. The molecule has 0 saturated carbocycles. The fourth-order valence-electron chi connectivity index (χ4n) is 3.10. The summed E-state index contributed by atoms with van der Waals surface area (Å²) in [6.45, 7) is 6.99. The molecule has 0 amide bonds.